The molecule has 3 N–H and O–H groups in total. The van der Waals surface area contributed by atoms with Crippen molar-refractivity contribution in [1.82, 2.24) is 4.98 Å². The van der Waals surface area contributed by atoms with Crippen molar-refractivity contribution in [3.63, 3.8) is 0 Å². The van der Waals surface area contributed by atoms with Gasteiger partial charge >= 0.3 is 5.97 Å². The number of fused-ring (bicyclic) bond motifs is 1. The molecule has 0 saturated heterocycles. The molecule has 0 spiro atoms. The molecule has 0 aliphatic heterocycles. The lowest BCUT2D eigenvalue weighted by molar-refractivity contribution is -0.385. The summed E-state index contributed by atoms with van der Waals surface area (Å²) < 4.78 is 1.41. The first kappa shape index (κ1) is 25.8. The lowest BCUT2D eigenvalue weighted by atomic mass is 10.0. The van der Waals surface area contributed by atoms with Gasteiger partial charge in [-0.25, -0.2) is 9.78 Å². The molecule has 1 heterocycles. The van der Waals surface area contributed by atoms with Gasteiger partial charge in [0.05, 0.1) is 26.5 Å². The van der Waals surface area contributed by atoms with Crippen molar-refractivity contribution in [3.05, 3.63) is 87.0 Å². The van der Waals surface area contributed by atoms with Gasteiger partial charge in [0.15, 0.2) is 4.34 Å². The smallest absolute Gasteiger partial charge is 0.343 e. The second-order valence-corrected chi connectivity index (χ2v) is 10.2. The SMILES string of the molecule is Cc1cccc(C)c1NC(=O)CSc1nc2ccc(NC(=O)c3cccc([N+](=O)[O-])c3C(=O)O)cc2s1. The Bertz CT molecular complexity index is 1550. The first-order valence-electron chi connectivity index (χ1n) is 10.9. The summed E-state index contributed by atoms with van der Waals surface area (Å²) in [7, 11) is 0. The van der Waals surface area contributed by atoms with E-state index in [0.29, 0.717) is 15.5 Å². The number of benzene rings is 3. The molecule has 0 aliphatic rings. The molecule has 0 aliphatic carbocycles. The number of anilines is 2. The largest absolute Gasteiger partial charge is 0.477 e. The lowest BCUT2D eigenvalue weighted by Crippen LogP contribution is -2.17. The van der Waals surface area contributed by atoms with Gasteiger partial charge in [-0.1, -0.05) is 36.0 Å². The van der Waals surface area contributed by atoms with Crippen LogP contribution >= 0.6 is 23.1 Å². The maximum Gasteiger partial charge on any atom is 0.343 e. The van der Waals surface area contributed by atoms with Crippen LogP contribution in [-0.2, 0) is 4.79 Å². The first-order chi connectivity index (χ1) is 17.6. The van der Waals surface area contributed by atoms with Gasteiger partial charge in [-0.2, -0.15) is 0 Å². The average molecular weight is 537 g/mol. The number of aromatic carboxylic acids is 1. The van der Waals surface area contributed by atoms with Crippen molar-refractivity contribution >= 4 is 68.2 Å². The number of nitrogens with one attached hydrogen (secondary N) is 2. The van der Waals surface area contributed by atoms with E-state index in [-0.39, 0.29) is 17.2 Å². The van der Waals surface area contributed by atoms with Crippen LogP contribution in [0.1, 0.15) is 31.8 Å². The number of nitro benzene ring substituents is 1. The molecule has 0 fully saturated rings. The number of carbonyl (C=O) groups is 3. The fourth-order valence-corrected chi connectivity index (χ4v) is 5.57. The average Bonchev–Trinajstić information content (AvgIpc) is 3.26. The Hall–Kier alpha value is -4.29. The summed E-state index contributed by atoms with van der Waals surface area (Å²) in [6.45, 7) is 3.86. The molecule has 3 aromatic carbocycles. The number of aryl methyl sites for hydroxylation is 2. The molecule has 188 valence electrons. The predicted molar refractivity (Wildman–Crippen MR) is 143 cm³/mol. The molecule has 0 saturated carbocycles. The van der Waals surface area contributed by atoms with Crippen molar-refractivity contribution in [1.29, 1.82) is 0 Å². The molecule has 10 nitrogen and oxygen atoms in total. The highest BCUT2D eigenvalue weighted by molar-refractivity contribution is 8.01. The van der Waals surface area contributed by atoms with Gasteiger partial charge < -0.3 is 15.7 Å². The monoisotopic (exact) mass is 536 g/mol. The number of carbonyl (C=O) groups excluding carboxylic acids is 2. The highest BCUT2D eigenvalue weighted by Crippen LogP contribution is 2.32. The second kappa shape index (κ2) is 10.8. The first-order valence-corrected chi connectivity index (χ1v) is 12.7. The van der Waals surface area contributed by atoms with Gasteiger partial charge in [-0.3, -0.25) is 19.7 Å². The fourth-order valence-electron chi connectivity index (χ4n) is 3.66. The molecule has 1 aromatic heterocycles. The minimum atomic E-state index is -1.57. The molecule has 0 radical (unpaired) electrons. The third-order valence-electron chi connectivity index (χ3n) is 5.40. The quantitative estimate of drug-likeness (QED) is 0.152. The molecule has 4 aromatic rings. The topological polar surface area (TPSA) is 152 Å². The number of rotatable bonds is 8. The molecule has 4 rings (SSSR count). The van der Waals surface area contributed by atoms with E-state index in [1.807, 2.05) is 32.0 Å². The van der Waals surface area contributed by atoms with Gasteiger partial charge in [0.2, 0.25) is 5.91 Å². The van der Waals surface area contributed by atoms with E-state index in [4.69, 9.17) is 0 Å². The highest BCUT2D eigenvalue weighted by Gasteiger charge is 2.27. The van der Waals surface area contributed by atoms with E-state index in [1.165, 1.54) is 35.2 Å². The Morgan fingerprint density at radius 1 is 1.05 bits per heavy atom. The van der Waals surface area contributed by atoms with Crippen LogP contribution in [0.5, 0.6) is 0 Å². The van der Waals surface area contributed by atoms with Crippen molar-refractivity contribution in [3.8, 4) is 0 Å². The molecular formula is C25H20N4O6S2. The van der Waals surface area contributed by atoms with Crippen LogP contribution in [0.15, 0.2) is 58.9 Å². The molecule has 12 heteroatoms. The number of nitro groups is 1. The molecule has 2 amide bonds. The number of thiazole rings is 1. The molecule has 0 atom stereocenters. The van der Waals surface area contributed by atoms with E-state index in [1.54, 1.807) is 18.2 Å². The maximum atomic E-state index is 12.8. The van der Waals surface area contributed by atoms with Crippen LogP contribution in [0.4, 0.5) is 17.1 Å². The molecule has 0 unspecified atom stereocenters. The van der Waals surface area contributed by atoms with Gasteiger partial charge in [0.25, 0.3) is 11.6 Å². The van der Waals surface area contributed by atoms with Gasteiger partial charge in [-0.05, 0) is 49.2 Å². The number of para-hydroxylation sites is 1. The van der Waals surface area contributed by atoms with Gasteiger partial charge in [0, 0.05) is 17.4 Å². The van der Waals surface area contributed by atoms with Crippen LogP contribution in [0.3, 0.4) is 0 Å². The number of hydrogen-bond acceptors (Lipinski definition) is 8. The molecular weight excluding hydrogens is 516 g/mol. The zero-order valence-corrected chi connectivity index (χ0v) is 21.2. The van der Waals surface area contributed by atoms with Crippen molar-refractivity contribution in [2.75, 3.05) is 16.4 Å². The van der Waals surface area contributed by atoms with Gasteiger partial charge in [-0.15, -0.1) is 11.3 Å². The van der Waals surface area contributed by atoms with Crippen molar-refractivity contribution in [2.45, 2.75) is 18.2 Å². The number of amides is 2. The Balaban J connectivity index is 1.47. The van der Waals surface area contributed by atoms with Crippen molar-refractivity contribution in [2.24, 2.45) is 0 Å². The number of thioether (sulfide) groups is 1. The van der Waals surface area contributed by atoms with Crippen molar-refractivity contribution < 1.29 is 24.4 Å². The predicted octanol–water partition coefficient (Wildman–Crippen LogP) is 5.50. The second-order valence-electron chi connectivity index (χ2n) is 7.98. The van der Waals surface area contributed by atoms with Crippen LogP contribution < -0.4 is 10.6 Å². The van der Waals surface area contributed by atoms with E-state index < -0.39 is 28.1 Å². The number of hydrogen-bond donors (Lipinski definition) is 3. The zero-order chi connectivity index (χ0) is 26.7. The number of carboxylic acids is 1. The summed E-state index contributed by atoms with van der Waals surface area (Å²) in [5.41, 5.74) is 2.13. The van der Waals surface area contributed by atoms with E-state index in [9.17, 15) is 29.6 Å². The van der Waals surface area contributed by atoms with E-state index in [2.05, 4.69) is 15.6 Å². The third-order valence-corrected chi connectivity index (χ3v) is 7.56. The van der Waals surface area contributed by atoms with E-state index in [0.717, 1.165) is 27.6 Å². The summed E-state index contributed by atoms with van der Waals surface area (Å²) >= 11 is 2.63. The summed E-state index contributed by atoms with van der Waals surface area (Å²) in [5.74, 6) is -2.34. The number of aromatic nitrogens is 1. The Kier molecular flexibility index (Phi) is 7.50. The van der Waals surface area contributed by atoms with Crippen LogP contribution in [0, 0.1) is 24.0 Å². The summed E-state index contributed by atoms with van der Waals surface area (Å²) in [6, 6.07) is 14.3. The highest BCUT2D eigenvalue weighted by atomic mass is 32.2. The van der Waals surface area contributed by atoms with Crippen LogP contribution in [0.25, 0.3) is 10.2 Å². The minimum Gasteiger partial charge on any atom is -0.477 e. The Labute approximate surface area is 218 Å². The Morgan fingerprint density at radius 2 is 1.76 bits per heavy atom. The van der Waals surface area contributed by atoms with Crippen LogP contribution in [-0.4, -0.2) is 38.6 Å². The minimum absolute atomic E-state index is 0.152. The van der Waals surface area contributed by atoms with Gasteiger partial charge in [0.1, 0.15) is 5.56 Å². The Morgan fingerprint density at radius 3 is 2.43 bits per heavy atom. The third kappa shape index (κ3) is 5.76. The normalized spacial score (nSPS) is 10.8. The standard InChI is InChI=1S/C25H20N4O6S2/c1-13-5-3-6-14(2)22(13)28-20(30)12-36-25-27-17-10-9-15(11-19(17)37-25)26-23(31)16-7-4-8-18(29(34)35)21(16)24(32)33/h3-11H,12H2,1-2H3,(H,26,31)(H,28,30)(H,32,33). The fraction of sp³-hybridized carbons (Fsp3) is 0.120. The summed E-state index contributed by atoms with van der Waals surface area (Å²) in [4.78, 5) is 51.7. The maximum absolute atomic E-state index is 12.8. The summed E-state index contributed by atoms with van der Waals surface area (Å²) in [5, 5.41) is 26.2. The summed E-state index contributed by atoms with van der Waals surface area (Å²) in [6.07, 6.45) is 0. The van der Waals surface area contributed by atoms with E-state index >= 15 is 0 Å². The zero-order valence-electron chi connectivity index (χ0n) is 19.6. The molecule has 37 heavy (non-hydrogen) atoms. The lowest BCUT2D eigenvalue weighted by Gasteiger charge is -2.10. The molecule has 0 bridgehead atoms. The number of carboxylic acid groups (broad SMARTS) is 1. The number of nitrogens with zero attached hydrogens (tertiary/aromatic N) is 2. The van der Waals surface area contributed by atoms with Crippen LogP contribution in [0.2, 0.25) is 0 Å².